The first-order chi connectivity index (χ1) is 8.24. The van der Waals surface area contributed by atoms with Gasteiger partial charge >= 0.3 is 0 Å². The van der Waals surface area contributed by atoms with E-state index < -0.39 is 0 Å². The van der Waals surface area contributed by atoms with Crippen molar-refractivity contribution in [2.75, 3.05) is 5.32 Å². The van der Waals surface area contributed by atoms with Gasteiger partial charge in [0.2, 0.25) is 5.91 Å². The SMILES string of the molecule is O=C(Nc1cccc(C(=O)C2CC2)c1)C1CC1. The number of benzene rings is 1. The van der Waals surface area contributed by atoms with Gasteiger partial charge in [0.05, 0.1) is 0 Å². The quantitative estimate of drug-likeness (QED) is 0.807. The van der Waals surface area contributed by atoms with Crippen LogP contribution in [0.3, 0.4) is 0 Å². The first-order valence-electron chi connectivity index (χ1n) is 6.19. The lowest BCUT2D eigenvalue weighted by Crippen LogP contribution is -2.13. The third-order valence-electron chi connectivity index (χ3n) is 3.31. The summed E-state index contributed by atoms with van der Waals surface area (Å²) >= 11 is 0. The third kappa shape index (κ3) is 2.38. The second kappa shape index (κ2) is 3.99. The summed E-state index contributed by atoms with van der Waals surface area (Å²) < 4.78 is 0. The monoisotopic (exact) mass is 229 g/mol. The lowest BCUT2D eigenvalue weighted by atomic mass is 10.1. The molecule has 3 nitrogen and oxygen atoms in total. The van der Waals surface area contributed by atoms with Gasteiger partial charge in [0.15, 0.2) is 5.78 Å². The van der Waals surface area contributed by atoms with E-state index in [9.17, 15) is 9.59 Å². The Balaban J connectivity index is 1.73. The predicted octanol–water partition coefficient (Wildman–Crippen LogP) is 2.63. The molecule has 2 fully saturated rings. The molecule has 2 aliphatic carbocycles. The van der Waals surface area contributed by atoms with E-state index in [1.165, 1.54) is 0 Å². The molecule has 1 aromatic rings. The van der Waals surface area contributed by atoms with Crippen molar-refractivity contribution >= 4 is 17.4 Å². The minimum absolute atomic E-state index is 0.0843. The molecule has 0 spiro atoms. The minimum Gasteiger partial charge on any atom is -0.326 e. The number of hydrogen-bond acceptors (Lipinski definition) is 2. The van der Waals surface area contributed by atoms with Crippen molar-refractivity contribution in [3.63, 3.8) is 0 Å². The van der Waals surface area contributed by atoms with Crippen LogP contribution < -0.4 is 5.32 Å². The lowest BCUT2D eigenvalue weighted by Gasteiger charge is -2.06. The van der Waals surface area contributed by atoms with Crippen LogP contribution in [0.15, 0.2) is 24.3 Å². The number of carbonyl (C=O) groups excluding carboxylic acids is 2. The van der Waals surface area contributed by atoms with E-state index >= 15 is 0 Å². The van der Waals surface area contributed by atoms with Crippen LogP contribution in [0.5, 0.6) is 0 Å². The molecule has 1 N–H and O–H groups in total. The summed E-state index contributed by atoms with van der Waals surface area (Å²) in [5.41, 5.74) is 1.47. The number of anilines is 1. The van der Waals surface area contributed by atoms with Crippen molar-refractivity contribution in [2.24, 2.45) is 11.8 Å². The maximum atomic E-state index is 11.9. The van der Waals surface area contributed by atoms with Crippen LogP contribution >= 0.6 is 0 Å². The van der Waals surface area contributed by atoms with Crippen LogP contribution in [0.4, 0.5) is 5.69 Å². The van der Waals surface area contributed by atoms with Crippen molar-refractivity contribution in [3.05, 3.63) is 29.8 Å². The van der Waals surface area contributed by atoms with E-state index in [4.69, 9.17) is 0 Å². The number of Topliss-reactive ketones (excluding diaryl/α,β-unsaturated/α-hetero) is 1. The van der Waals surface area contributed by atoms with Gasteiger partial charge in [0.1, 0.15) is 0 Å². The Morgan fingerprint density at radius 2 is 1.76 bits per heavy atom. The summed E-state index contributed by atoms with van der Waals surface area (Å²) in [5, 5.41) is 2.87. The zero-order valence-corrected chi connectivity index (χ0v) is 9.61. The molecular formula is C14H15NO2. The van der Waals surface area contributed by atoms with Gasteiger partial charge in [-0.3, -0.25) is 9.59 Å². The Labute approximate surface area is 100 Å². The molecule has 0 aromatic heterocycles. The average molecular weight is 229 g/mol. The second-order valence-corrected chi connectivity index (χ2v) is 4.98. The van der Waals surface area contributed by atoms with E-state index in [1.54, 1.807) is 6.07 Å². The van der Waals surface area contributed by atoms with Crippen LogP contribution in [-0.4, -0.2) is 11.7 Å². The summed E-state index contributed by atoms with van der Waals surface area (Å²) in [7, 11) is 0. The van der Waals surface area contributed by atoms with Crippen molar-refractivity contribution in [2.45, 2.75) is 25.7 Å². The van der Waals surface area contributed by atoms with Crippen molar-refractivity contribution in [1.29, 1.82) is 0 Å². The fourth-order valence-electron chi connectivity index (χ4n) is 1.92. The molecule has 17 heavy (non-hydrogen) atoms. The molecule has 1 aromatic carbocycles. The molecule has 0 heterocycles. The summed E-state index contributed by atoms with van der Waals surface area (Å²) in [6.45, 7) is 0. The second-order valence-electron chi connectivity index (χ2n) is 4.98. The highest BCUT2D eigenvalue weighted by molar-refractivity contribution is 6.01. The number of amides is 1. The summed E-state index contributed by atoms with van der Waals surface area (Å²) in [6, 6.07) is 7.29. The highest BCUT2D eigenvalue weighted by Crippen LogP contribution is 2.33. The van der Waals surface area contributed by atoms with Crippen LogP contribution in [-0.2, 0) is 4.79 Å². The molecule has 0 atom stereocenters. The minimum atomic E-state index is 0.0843. The zero-order chi connectivity index (χ0) is 11.8. The van der Waals surface area contributed by atoms with Gasteiger partial charge < -0.3 is 5.32 Å². The van der Waals surface area contributed by atoms with Gasteiger partial charge in [-0.05, 0) is 37.8 Å². The first-order valence-corrected chi connectivity index (χ1v) is 6.19. The van der Waals surface area contributed by atoms with Crippen LogP contribution in [0.25, 0.3) is 0 Å². The van der Waals surface area contributed by atoms with Gasteiger partial charge in [0, 0.05) is 23.1 Å². The Bertz CT molecular complexity index is 473. The molecule has 0 aliphatic heterocycles. The smallest absolute Gasteiger partial charge is 0.227 e. The number of hydrogen-bond donors (Lipinski definition) is 1. The molecule has 3 rings (SSSR count). The van der Waals surface area contributed by atoms with Crippen molar-refractivity contribution < 1.29 is 9.59 Å². The van der Waals surface area contributed by atoms with Gasteiger partial charge in [0.25, 0.3) is 0 Å². The predicted molar refractivity (Wildman–Crippen MR) is 64.9 cm³/mol. The van der Waals surface area contributed by atoms with E-state index in [0.717, 1.165) is 36.9 Å². The third-order valence-corrected chi connectivity index (χ3v) is 3.31. The van der Waals surface area contributed by atoms with E-state index in [0.29, 0.717) is 0 Å². The fraction of sp³-hybridized carbons (Fsp3) is 0.429. The van der Waals surface area contributed by atoms with Crippen LogP contribution in [0.1, 0.15) is 36.0 Å². The van der Waals surface area contributed by atoms with Gasteiger partial charge in [-0.2, -0.15) is 0 Å². The molecule has 0 bridgehead atoms. The fourth-order valence-corrected chi connectivity index (χ4v) is 1.92. The number of carbonyl (C=O) groups is 2. The normalized spacial score (nSPS) is 18.8. The first kappa shape index (κ1) is 10.5. The Kier molecular flexibility index (Phi) is 2.46. The van der Waals surface area contributed by atoms with Gasteiger partial charge in [-0.15, -0.1) is 0 Å². The van der Waals surface area contributed by atoms with Crippen LogP contribution in [0.2, 0.25) is 0 Å². The van der Waals surface area contributed by atoms with Gasteiger partial charge in [-0.1, -0.05) is 12.1 Å². The Morgan fingerprint density at radius 1 is 1.06 bits per heavy atom. The Morgan fingerprint density at radius 3 is 2.41 bits per heavy atom. The zero-order valence-electron chi connectivity index (χ0n) is 9.61. The molecule has 0 unspecified atom stereocenters. The standard InChI is InChI=1S/C14H15NO2/c16-13(9-4-5-9)11-2-1-3-12(8-11)15-14(17)10-6-7-10/h1-3,8-10H,4-7H2,(H,15,17). The van der Waals surface area contributed by atoms with Crippen molar-refractivity contribution in [3.8, 4) is 0 Å². The highest BCUT2D eigenvalue weighted by Gasteiger charge is 2.31. The molecule has 0 saturated heterocycles. The van der Waals surface area contributed by atoms with Crippen molar-refractivity contribution in [1.82, 2.24) is 0 Å². The molecule has 88 valence electrons. The number of ketones is 1. The summed E-state index contributed by atoms with van der Waals surface area (Å²) in [4.78, 5) is 23.5. The highest BCUT2D eigenvalue weighted by atomic mass is 16.2. The molecule has 2 aliphatic rings. The Hall–Kier alpha value is -1.64. The van der Waals surface area contributed by atoms with E-state index in [2.05, 4.69) is 5.32 Å². The van der Waals surface area contributed by atoms with E-state index in [1.807, 2.05) is 18.2 Å². The maximum Gasteiger partial charge on any atom is 0.227 e. The molecule has 2 saturated carbocycles. The summed E-state index contributed by atoms with van der Waals surface area (Å²) in [6.07, 6.45) is 4.01. The van der Waals surface area contributed by atoms with E-state index in [-0.39, 0.29) is 23.5 Å². The largest absolute Gasteiger partial charge is 0.326 e. The summed E-state index contributed by atoms with van der Waals surface area (Å²) in [5.74, 6) is 0.718. The topological polar surface area (TPSA) is 46.2 Å². The molecule has 3 heteroatoms. The number of rotatable bonds is 4. The average Bonchev–Trinajstić information content (AvgIpc) is 3.20. The molecular weight excluding hydrogens is 214 g/mol. The maximum absolute atomic E-state index is 11.9. The molecule has 1 amide bonds. The lowest BCUT2D eigenvalue weighted by molar-refractivity contribution is -0.117. The number of nitrogens with one attached hydrogen (secondary N) is 1. The van der Waals surface area contributed by atoms with Crippen LogP contribution in [0, 0.1) is 11.8 Å². The molecule has 0 radical (unpaired) electrons. The van der Waals surface area contributed by atoms with Gasteiger partial charge in [-0.25, -0.2) is 0 Å².